The van der Waals surface area contributed by atoms with E-state index in [4.69, 9.17) is 11.6 Å². The Morgan fingerprint density at radius 1 is 1.57 bits per heavy atom. The van der Waals surface area contributed by atoms with E-state index in [9.17, 15) is 19.6 Å². The van der Waals surface area contributed by atoms with Gasteiger partial charge in [-0.1, -0.05) is 17.7 Å². The third-order valence-corrected chi connectivity index (χ3v) is 3.00. The Morgan fingerprint density at radius 3 is 3.00 bits per heavy atom. The molecule has 0 saturated carbocycles. The van der Waals surface area contributed by atoms with E-state index in [0.29, 0.717) is 0 Å². The normalized spacial score (nSPS) is 12.1. The fraction of sp³-hybridized carbons (Fsp3) is 0.250. The number of nitro groups is 1. The predicted octanol–water partition coefficient (Wildman–Crippen LogP) is 2.06. The van der Waals surface area contributed by atoms with E-state index in [1.165, 1.54) is 23.0 Å². The maximum atomic E-state index is 13.6. The molecule has 1 atom stereocenters. The topological polar surface area (TPSA) is 93.2 Å². The molecule has 9 heteroatoms. The third-order valence-electron chi connectivity index (χ3n) is 2.71. The van der Waals surface area contributed by atoms with Gasteiger partial charge in [0.2, 0.25) is 0 Å². The lowest BCUT2D eigenvalue weighted by Gasteiger charge is -2.13. The minimum Gasteiger partial charge on any atom is -0.389 e. The number of nitrogens with one attached hydrogen (secondary N) is 1. The van der Waals surface area contributed by atoms with Crippen molar-refractivity contribution in [1.82, 2.24) is 9.78 Å². The maximum absolute atomic E-state index is 13.6. The number of aromatic nitrogens is 2. The van der Waals surface area contributed by atoms with Crippen LogP contribution in [0.5, 0.6) is 0 Å². The first-order valence-electron chi connectivity index (χ1n) is 6.00. The van der Waals surface area contributed by atoms with Gasteiger partial charge in [0.05, 0.1) is 28.3 Å². The van der Waals surface area contributed by atoms with Crippen LogP contribution in [0.1, 0.15) is 0 Å². The molecule has 0 fully saturated rings. The summed E-state index contributed by atoms with van der Waals surface area (Å²) in [4.78, 5) is 9.93. The average Bonchev–Trinajstić information content (AvgIpc) is 2.89. The minimum atomic E-state index is -0.900. The van der Waals surface area contributed by atoms with Gasteiger partial charge in [-0.15, -0.1) is 0 Å². The standard InChI is InChI=1S/C12H12ClFN4O3/c13-10-2-1-3-11(12(10)14)15-5-9(19)7-17-6-8(4-16-17)18(20)21/h1-4,6,9,15,19H,5,7H2. The highest BCUT2D eigenvalue weighted by molar-refractivity contribution is 6.31. The van der Waals surface area contributed by atoms with E-state index in [1.807, 2.05) is 0 Å². The zero-order valence-electron chi connectivity index (χ0n) is 10.7. The van der Waals surface area contributed by atoms with Gasteiger partial charge in [-0.3, -0.25) is 14.8 Å². The lowest BCUT2D eigenvalue weighted by atomic mass is 10.3. The van der Waals surface area contributed by atoms with E-state index < -0.39 is 16.8 Å². The lowest BCUT2D eigenvalue weighted by Crippen LogP contribution is -2.25. The van der Waals surface area contributed by atoms with Crippen molar-refractivity contribution < 1.29 is 14.4 Å². The van der Waals surface area contributed by atoms with Crippen molar-refractivity contribution in [3.63, 3.8) is 0 Å². The summed E-state index contributed by atoms with van der Waals surface area (Å²) in [5, 5.41) is 26.8. The second kappa shape index (κ2) is 6.51. The monoisotopic (exact) mass is 314 g/mol. The number of aliphatic hydroxyl groups is 1. The first-order valence-corrected chi connectivity index (χ1v) is 6.38. The molecule has 1 aromatic carbocycles. The molecule has 1 heterocycles. The zero-order chi connectivity index (χ0) is 15.4. The number of rotatable bonds is 6. The summed E-state index contributed by atoms with van der Waals surface area (Å²) in [7, 11) is 0. The van der Waals surface area contributed by atoms with Crippen LogP contribution >= 0.6 is 11.6 Å². The summed E-state index contributed by atoms with van der Waals surface area (Å²) in [5.41, 5.74) is 0.0176. The molecule has 0 aliphatic rings. The van der Waals surface area contributed by atoms with E-state index in [2.05, 4.69) is 10.4 Å². The molecular weight excluding hydrogens is 303 g/mol. The van der Waals surface area contributed by atoms with E-state index >= 15 is 0 Å². The summed E-state index contributed by atoms with van der Waals surface area (Å²) in [5.74, 6) is -0.596. The maximum Gasteiger partial charge on any atom is 0.306 e. The highest BCUT2D eigenvalue weighted by Crippen LogP contribution is 2.21. The van der Waals surface area contributed by atoms with Crippen molar-refractivity contribution in [1.29, 1.82) is 0 Å². The predicted molar refractivity (Wildman–Crippen MR) is 74.8 cm³/mol. The second-order valence-corrected chi connectivity index (χ2v) is 4.72. The van der Waals surface area contributed by atoms with Crippen LogP contribution in [-0.2, 0) is 6.54 Å². The highest BCUT2D eigenvalue weighted by atomic mass is 35.5. The van der Waals surface area contributed by atoms with Crippen LogP contribution in [0.4, 0.5) is 15.8 Å². The van der Waals surface area contributed by atoms with Crippen molar-refractivity contribution >= 4 is 23.0 Å². The molecule has 0 aliphatic heterocycles. The van der Waals surface area contributed by atoms with E-state index in [-0.39, 0.29) is 29.5 Å². The molecule has 0 aliphatic carbocycles. The average molecular weight is 315 g/mol. The number of halogens is 2. The highest BCUT2D eigenvalue weighted by Gasteiger charge is 2.13. The van der Waals surface area contributed by atoms with Gasteiger partial charge in [0.15, 0.2) is 5.82 Å². The largest absolute Gasteiger partial charge is 0.389 e. The molecule has 7 nitrogen and oxygen atoms in total. The molecule has 2 N–H and O–H groups in total. The molecule has 0 spiro atoms. The van der Waals surface area contributed by atoms with Gasteiger partial charge >= 0.3 is 5.69 Å². The number of benzene rings is 1. The number of hydrogen-bond donors (Lipinski definition) is 2. The second-order valence-electron chi connectivity index (χ2n) is 4.31. The van der Waals surface area contributed by atoms with Gasteiger partial charge in [0.1, 0.15) is 12.4 Å². The molecule has 0 bridgehead atoms. The lowest BCUT2D eigenvalue weighted by molar-refractivity contribution is -0.385. The van der Waals surface area contributed by atoms with Gasteiger partial charge in [-0.05, 0) is 12.1 Å². The molecule has 112 valence electrons. The molecule has 2 aromatic rings. The SMILES string of the molecule is O=[N+]([O-])c1cnn(CC(O)CNc2cccc(Cl)c2F)c1. The van der Waals surface area contributed by atoms with E-state index in [1.54, 1.807) is 6.07 Å². The van der Waals surface area contributed by atoms with Gasteiger partial charge in [0.25, 0.3) is 0 Å². The quantitative estimate of drug-likeness (QED) is 0.629. The molecular formula is C12H12ClFN4O3. The van der Waals surface area contributed by atoms with Crippen molar-refractivity contribution in [2.75, 3.05) is 11.9 Å². The summed E-state index contributed by atoms with van der Waals surface area (Å²) < 4.78 is 14.9. The van der Waals surface area contributed by atoms with E-state index in [0.717, 1.165) is 6.20 Å². The molecule has 1 unspecified atom stereocenters. The Hall–Kier alpha value is -2.19. The smallest absolute Gasteiger partial charge is 0.306 e. The first-order chi connectivity index (χ1) is 9.97. The fourth-order valence-corrected chi connectivity index (χ4v) is 1.87. The Balaban J connectivity index is 1.91. The Bertz CT molecular complexity index is 649. The van der Waals surface area contributed by atoms with Crippen molar-refractivity contribution in [3.05, 3.63) is 51.5 Å². The van der Waals surface area contributed by atoms with Gasteiger partial charge in [-0.2, -0.15) is 5.10 Å². The molecule has 0 amide bonds. The number of anilines is 1. The third kappa shape index (κ3) is 3.89. The summed E-state index contributed by atoms with van der Waals surface area (Å²) in [6.07, 6.45) is 1.41. The number of aliphatic hydroxyl groups excluding tert-OH is 1. The van der Waals surface area contributed by atoms with Crippen LogP contribution in [-0.4, -0.2) is 32.5 Å². The van der Waals surface area contributed by atoms with Crippen LogP contribution in [0.3, 0.4) is 0 Å². The van der Waals surface area contributed by atoms with Gasteiger partial charge in [-0.25, -0.2) is 4.39 Å². The Kier molecular flexibility index (Phi) is 4.71. The fourth-order valence-electron chi connectivity index (χ4n) is 1.70. The molecule has 0 saturated heterocycles. The van der Waals surface area contributed by atoms with Gasteiger partial charge < -0.3 is 10.4 Å². The van der Waals surface area contributed by atoms with Crippen molar-refractivity contribution in [3.8, 4) is 0 Å². The minimum absolute atomic E-state index is 0.0165. The summed E-state index contributed by atoms with van der Waals surface area (Å²) in [6, 6.07) is 4.49. The van der Waals surface area contributed by atoms with Crippen LogP contribution < -0.4 is 5.32 Å². The van der Waals surface area contributed by atoms with Crippen LogP contribution in [0.25, 0.3) is 0 Å². The van der Waals surface area contributed by atoms with Gasteiger partial charge in [0, 0.05) is 6.54 Å². The van der Waals surface area contributed by atoms with Crippen LogP contribution in [0, 0.1) is 15.9 Å². The van der Waals surface area contributed by atoms with Crippen LogP contribution in [0.15, 0.2) is 30.6 Å². The molecule has 1 aromatic heterocycles. The molecule has 0 radical (unpaired) electrons. The summed E-state index contributed by atoms with van der Waals surface area (Å²) >= 11 is 5.64. The molecule has 2 rings (SSSR count). The molecule has 21 heavy (non-hydrogen) atoms. The van der Waals surface area contributed by atoms with Crippen molar-refractivity contribution in [2.45, 2.75) is 12.6 Å². The Morgan fingerprint density at radius 2 is 2.33 bits per heavy atom. The first kappa shape index (κ1) is 15.2. The zero-order valence-corrected chi connectivity index (χ0v) is 11.5. The number of nitrogens with zero attached hydrogens (tertiary/aromatic N) is 3. The van der Waals surface area contributed by atoms with Crippen LogP contribution in [0.2, 0.25) is 5.02 Å². The summed E-state index contributed by atoms with van der Waals surface area (Å²) in [6.45, 7) is 0.0912. The Labute approximate surface area is 124 Å². The number of hydrogen-bond acceptors (Lipinski definition) is 5. The van der Waals surface area contributed by atoms with Crippen molar-refractivity contribution in [2.24, 2.45) is 0 Å².